The van der Waals surface area contributed by atoms with Crippen LogP contribution in [0.2, 0.25) is 0 Å². The Hall–Kier alpha value is -10.3. The van der Waals surface area contributed by atoms with E-state index in [1.54, 1.807) is 0 Å². The van der Waals surface area contributed by atoms with Crippen molar-refractivity contribution >= 4 is 77.2 Å². The van der Waals surface area contributed by atoms with E-state index in [4.69, 9.17) is 0 Å². The molecule has 0 bridgehead atoms. The standard InChI is InChI=1S/C80H60N2/c1-53-47-63(48-54(2)79(53)81(77-37-21-19-31-69(77)57-23-7-5-8-24-57)65-43-39-59(40-44-65)75-51-61-27-11-13-29-67(61)71-33-15-17-35-73(71)75)64-49-55(3)80(56(4)50-64)82(78-38-22-20-32-70(78)58-25-9-6-10-26-58)66-45-41-60(42-46-66)76-52-62-28-12-14-30-68(62)72-34-16-18-36-74(72)76/h5-52H,1-4H3. The van der Waals surface area contributed by atoms with Gasteiger partial charge in [-0.3, -0.25) is 0 Å². The number of benzene rings is 14. The first kappa shape index (κ1) is 50.0. The molecule has 0 aliphatic rings. The number of hydrogen-bond donors (Lipinski definition) is 0. The largest absolute Gasteiger partial charge is 0.309 e. The lowest BCUT2D eigenvalue weighted by Gasteiger charge is -2.32. The van der Waals surface area contributed by atoms with E-state index in [9.17, 15) is 0 Å². The van der Waals surface area contributed by atoms with Crippen LogP contribution < -0.4 is 9.80 Å². The molecule has 0 N–H and O–H groups in total. The fourth-order valence-electron chi connectivity index (χ4n) is 13.0. The van der Waals surface area contributed by atoms with Crippen molar-refractivity contribution in [2.75, 3.05) is 9.80 Å². The van der Waals surface area contributed by atoms with Crippen molar-refractivity contribution in [2.24, 2.45) is 0 Å². The van der Waals surface area contributed by atoms with Crippen LogP contribution in [0.1, 0.15) is 22.3 Å². The van der Waals surface area contributed by atoms with E-state index in [0.29, 0.717) is 0 Å². The predicted octanol–water partition coefficient (Wildman–Crippen LogP) is 22.8. The van der Waals surface area contributed by atoms with Gasteiger partial charge >= 0.3 is 0 Å². The second-order valence-electron chi connectivity index (χ2n) is 21.8. The summed E-state index contributed by atoms with van der Waals surface area (Å²) in [6.07, 6.45) is 0. The number of rotatable bonds is 11. The molecular formula is C80H60N2. The van der Waals surface area contributed by atoms with Gasteiger partial charge in [-0.05, 0) is 210 Å². The molecule has 0 heterocycles. The number of fused-ring (bicyclic) bond motifs is 6. The minimum atomic E-state index is 1.10. The first-order valence-corrected chi connectivity index (χ1v) is 28.5. The Kier molecular flexibility index (Phi) is 12.8. The Labute approximate surface area is 481 Å². The van der Waals surface area contributed by atoms with E-state index in [-0.39, 0.29) is 0 Å². The van der Waals surface area contributed by atoms with Crippen LogP contribution in [0, 0.1) is 27.7 Å². The monoisotopic (exact) mass is 1050 g/mol. The van der Waals surface area contributed by atoms with Crippen LogP contribution in [0.5, 0.6) is 0 Å². The van der Waals surface area contributed by atoms with E-state index in [1.165, 1.54) is 132 Å². The van der Waals surface area contributed by atoms with Crippen molar-refractivity contribution in [2.45, 2.75) is 27.7 Å². The molecule has 0 aliphatic carbocycles. The zero-order valence-corrected chi connectivity index (χ0v) is 46.6. The van der Waals surface area contributed by atoms with Crippen molar-refractivity contribution < 1.29 is 0 Å². The van der Waals surface area contributed by atoms with Gasteiger partial charge in [0.1, 0.15) is 0 Å². The lowest BCUT2D eigenvalue weighted by Crippen LogP contribution is -2.14. The highest BCUT2D eigenvalue weighted by Gasteiger charge is 2.25. The number of hydrogen-bond acceptors (Lipinski definition) is 2. The molecular weight excluding hydrogens is 989 g/mol. The molecule has 0 saturated heterocycles. The van der Waals surface area contributed by atoms with Gasteiger partial charge in [-0.25, -0.2) is 0 Å². The molecule has 0 fully saturated rings. The highest BCUT2D eigenvalue weighted by molar-refractivity contribution is 6.15. The number of nitrogens with zero attached hydrogens (tertiary/aromatic N) is 2. The summed E-state index contributed by atoms with van der Waals surface area (Å²) in [6, 6.07) is 107. The molecule has 0 aliphatic heterocycles. The summed E-state index contributed by atoms with van der Waals surface area (Å²) >= 11 is 0. The molecule has 0 aromatic heterocycles. The minimum absolute atomic E-state index is 1.10. The van der Waals surface area contributed by atoms with Crippen LogP contribution >= 0.6 is 0 Å². The van der Waals surface area contributed by atoms with E-state index in [0.717, 1.165) is 22.7 Å². The normalized spacial score (nSPS) is 11.4. The summed E-state index contributed by atoms with van der Waals surface area (Å²) in [5.41, 5.74) is 23.5. The highest BCUT2D eigenvalue weighted by atomic mass is 15.2. The maximum Gasteiger partial charge on any atom is 0.0540 e. The topological polar surface area (TPSA) is 6.48 Å². The average molecular weight is 1050 g/mol. The van der Waals surface area contributed by atoms with Gasteiger partial charge in [-0.2, -0.15) is 0 Å². The van der Waals surface area contributed by atoms with Crippen LogP contribution in [0.3, 0.4) is 0 Å². The molecule has 14 rings (SSSR count). The third-order valence-electron chi connectivity index (χ3n) is 16.6. The maximum atomic E-state index is 2.48. The van der Waals surface area contributed by atoms with Crippen molar-refractivity contribution in [3.63, 3.8) is 0 Å². The van der Waals surface area contributed by atoms with Crippen molar-refractivity contribution in [1.29, 1.82) is 0 Å². The molecule has 14 aromatic carbocycles. The third-order valence-corrected chi connectivity index (χ3v) is 16.6. The van der Waals surface area contributed by atoms with Gasteiger partial charge in [-0.15, -0.1) is 0 Å². The molecule has 0 spiro atoms. The molecule has 14 aromatic rings. The van der Waals surface area contributed by atoms with Crippen molar-refractivity contribution in [1.82, 2.24) is 0 Å². The molecule has 2 heteroatoms. The number of para-hydroxylation sites is 2. The minimum Gasteiger partial charge on any atom is -0.309 e. The molecule has 0 radical (unpaired) electrons. The van der Waals surface area contributed by atoms with Crippen molar-refractivity contribution in [3.05, 3.63) is 313 Å². The summed E-state index contributed by atoms with van der Waals surface area (Å²) in [7, 11) is 0. The molecule has 82 heavy (non-hydrogen) atoms. The van der Waals surface area contributed by atoms with Gasteiger partial charge in [-0.1, -0.05) is 218 Å². The van der Waals surface area contributed by atoms with Gasteiger partial charge in [0.2, 0.25) is 0 Å². The third kappa shape index (κ3) is 8.96. The Morgan fingerprint density at radius 1 is 0.207 bits per heavy atom. The summed E-state index contributed by atoms with van der Waals surface area (Å²) in [6.45, 7) is 9.11. The second-order valence-corrected chi connectivity index (χ2v) is 21.8. The van der Waals surface area contributed by atoms with Gasteiger partial charge in [0.25, 0.3) is 0 Å². The smallest absolute Gasteiger partial charge is 0.0540 e. The Morgan fingerprint density at radius 3 is 0.878 bits per heavy atom. The fraction of sp³-hybridized carbons (Fsp3) is 0.0500. The van der Waals surface area contributed by atoms with Crippen LogP contribution in [-0.2, 0) is 0 Å². The Bertz CT molecular complexity index is 4360. The molecule has 390 valence electrons. The van der Waals surface area contributed by atoms with Crippen molar-refractivity contribution in [3.8, 4) is 55.6 Å². The Morgan fingerprint density at radius 2 is 0.500 bits per heavy atom. The lowest BCUT2D eigenvalue weighted by molar-refractivity contribution is 1.21. The lowest BCUT2D eigenvalue weighted by atomic mass is 9.92. The molecule has 0 amide bonds. The van der Waals surface area contributed by atoms with Crippen LogP contribution in [-0.4, -0.2) is 0 Å². The average Bonchev–Trinajstić information content (AvgIpc) is 3.70. The van der Waals surface area contributed by atoms with E-state index in [2.05, 4.69) is 329 Å². The zero-order chi connectivity index (χ0) is 55.3. The van der Waals surface area contributed by atoms with Gasteiger partial charge in [0, 0.05) is 22.5 Å². The Balaban J connectivity index is 0.876. The van der Waals surface area contributed by atoms with Gasteiger partial charge in [0.15, 0.2) is 0 Å². The first-order chi connectivity index (χ1) is 40.3. The van der Waals surface area contributed by atoms with E-state index in [1.807, 2.05) is 0 Å². The van der Waals surface area contributed by atoms with Crippen LogP contribution in [0.4, 0.5) is 34.1 Å². The fourth-order valence-corrected chi connectivity index (χ4v) is 13.0. The summed E-state index contributed by atoms with van der Waals surface area (Å²) in [5.74, 6) is 0. The summed E-state index contributed by atoms with van der Waals surface area (Å²) in [5, 5.41) is 10.1. The molecule has 0 atom stereocenters. The summed E-state index contributed by atoms with van der Waals surface area (Å²) in [4.78, 5) is 4.96. The van der Waals surface area contributed by atoms with Gasteiger partial charge < -0.3 is 9.80 Å². The molecule has 2 nitrogen and oxygen atoms in total. The number of aryl methyl sites for hydroxylation is 4. The van der Waals surface area contributed by atoms with E-state index >= 15 is 0 Å². The van der Waals surface area contributed by atoms with E-state index < -0.39 is 0 Å². The van der Waals surface area contributed by atoms with Gasteiger partial charge in [0.05, 0.1) is 22.7 Å². The SMILES string of the molecule is Cc1cc(-c2cc(C)c(N(c3ccc(-c4cc5ccccc5c5ccccc45)cc3)c3ccccc3-c3ccccc3)c(C)c2)cc(C)c1N(c1ccc(-c2cc3ccccc3c3ccccc23)cc1)c1ccccc1-c1ccccc1. The van der Waals surface area contributed by atoms with Crippen LogP contribution in [0.25, 0.3) is 98.7 Å². The zero-order valence-electron chi connectivity index (χ0n) is 46.6. The quantitative estimate of drug-likeness (QED) is 0.119. The molecule has 0 saturated carbocycles. The molecule has 0 unspecified atom stereocenters. The maximum absolute atomic E-state index is 2.48. The first-order valence-electron chi connectivity index (χ1n) is 28.5. The van der Waals surface area contributed by atoms with Crippen LogP contribution in [0.15, 0.2) is 291 Å². The highest BCUT2D eigenvalue weighted by Crippen LogP contribution is 2.49. The summed E-state index contributed by atoms with van der Waals surface area (Å²) < 4.78 is 0. The second kappa shape index (κ2) is 21.1. The predicted molar refractivity (Wildman–Crippen MR) is 352 cm³/mol. The number of anilines is 6.